The van der Waals surface area contributed by atoms with Crippen LogP contribution in [0.2, 0.25) is 0 Å². The van der Waals surface area contributed by atoms with Crippen LogP contribution < -0.4 is 10.6 Å². The smallest absolute Gasteiger partial charge is 0.239 e. The maximum atomic E-state index is 12.3. The number of amides is 2. The van der Waals surface area contributed by atoms with Gasteiger partial charge < -0.3 is 15.5 Å². The Morgan fingerprint density at radius 3 is 2.68 bits per heavy atom. The average Bonchev–Trinajstić information content (AvgIpc) is 2.91. The molecule has 0 saturated carbocycles. The number of nitrogens with zero attached hydrogens (tertiary/aromatic N) is 1. The average molecular weight is 267 g/mol. The Hall–Kier alpha value is -1.10. The van der Waals surface area contributed by atoms with Crippen molar-refractivity contribution in [2.45, 2.75) is 51.6 Å². The van der Waals surface area contributed by atoms with Crippen LogP contribution in [0.15, 0.2) is 0 Å². The first-order valence-corrected chi connectivity index (χ1v) is 7.40. The zero-order valence-corrected chi connectivity index (χ0v) is 11.9. The summed E-state index contributed by atoms with van der Waals surface area (Å²) in [6, 6.07) is 0.141. The predicted molar refractivity (Wildman–Crippen MR) is 73.6 cm³/mol. The molecular formula is C14H25N3O2. The van der Waals surface area contributed by atoms with Gasteiger partial charge in [0.2, 0.25) is 11.8 Å². The molecule has 0 radical (unpaired) electrons. The molecule has 0 aromatic heterocycles. The fourth-order valence-corrected chi connectivity index (χ4v) is 2.91. The fraction of sp³-hybridized carbons (Fsp3) is 0.857. The van der Waals surface area contributed by atoms with Crippen molar-refractivity contribution in [1.82, 2.24) is 15.5 Å². The van der Waals surface area contributed by atoms with Crippen molar-refractivity contribution in [3.8, 4) is 0 Å². The number of hydrogen-bond acceptors (Lipinski definition) is 3. The van der Waals surface area contributed by atoms with Crippen molar-refractivity contribution in [3.63, 3.8) is 0 Å². The Morgan fingerprint density at radius 2 is 2.05 bits per heavy atom. The molecule has 2 N–H and O–H groups in total. The quantitative estimate of drug-likeness (QED) is 0.783. The normalized spacial score (nSPS) is 27.6. The maximum absolute atomic E-state index is 12.3. The van der Waals surface area contributed by atoms with Crippen LogP contribution in [0.3, 0.4) is 0 Å². The van der Waals surface area contributed by atoms with Crippen molar-refractivity contribution in [2.75, 3.05) is 19.6 Å². The van der Waals surface area contributed by atoms with E-state index < -0.39 is 0 Å². The second kappa shape index (κ2) is 6.37. The van der Waals surface area contributed by atoms with Gasteiger partial charge in [0, 0.05) is 19.1 Å². The van der Waals surface area contributed by atoms with Crippen LogP contribution in [0.1, 0.15) is 39.5 Å². The van der Waals surface area contributed by atoms with E-state index in [0.717, 1.165) is 38.8 Å². The molecular weight excluding hydrogens is 242 g/mol. The molecule has 5 heteroatoms. The zero-order valence-electron chi connectivity index (χ0n) is 11.9. The van der Waals surface area contributed by atoms with E-state index in [-0.39, 0.29) is 29.8 Å². The molecule has 2 aliphatic heterocycles. The molecule has 0 aromatic carbocycles. The Bertz CT molecular complexity index is 338. The maximum Gasteiger partial charge on any atom is 0.239 e. The molecule has 19 heavy (non-hydrogen) atoms. The molecule has 0 bridgehead atoms. The molecule has 2 amide bonds. The Balaban J connectivity index is 1.89. The van der Waals surface area contributed by atoms with Gasteiger partial charge in [-0.2, -0.15) is 0 Å². The van der Waals surface area contributed by atoms with E-state index in [4.69, 9.17) is 0 Å². The highest BCUT2D eigenvalue weighted by Gasteiger charge is 2.32. The first kappa shape index (κ1) is 14.3. The third-order valence-electron chi connectivity index (χ3n) is 3.89. The van der Waals surface area contributed by atoms with E-state index in [2.05, 4.69) is 10.6 Å². The summed E-state index contributed by atoms with van der Waals surface area (Å²) in [6.45, 7) is 6.23. The minimum absolute atomic E-state index is 0.0214. The molecule has 1 unspecified atom stereocenters. The van der Waals surface area contributed by atoms with Gasteiger partial charge in [-0.1, -0.05) is 0 Å². The molecule has 0 spiro atoms. The van der Waals surface area contributed by atoms with E-state index in [1.54, 1.807) is 0 Å². The monoisotopic (exact) mass is 267 g/mol. The van der Waals surface area contributed by atoms with Crippen LogP contribution in [-0.4, -0.2) is 48.4 Å². The van der Waals surface area contributed by atoms with Gasteiger partial charge >= 0.3 is 0 Å². The summed E-state index contributed by atoms with van der Waals surface area (Å²) in [6.07, 6.45) is 3.81. The molecule has 2 saturated heterocycles. The summed E-state index contributed by atoms with van der Waals surface area (Å²) < 4.78 is 0. The summed E-state index contributed by atoms with van der Waals surface area (Å²) in [5.41, 5.74) is 0. The van der Waals surface area contributed by atoms with E-state index >= 15 is 0 Å². The molecule has 0 aromatic rings. The largest absolute Gasteiger partial charge is 0.354 e. The first-order chi connectivity index (χ1) is 9.08. The zero-order chi connectivity index (χ0) is 13.8. The highest BCUT2D eigenvalue weighted by atomic mass is 16.2. The molecule has 5 nitrogen and oxygen atoms in total. The lowest BCUT2D eigenvalue weighted by Crippen LogP contribution is -2.51. The van der Waals surface area contributed by atoms with Crippen molar-refractivity contribution in [2.24, 2.45) is 5.92 Å². The molecule has 2 heterocycles. The Labute approximate surface area is 115 Å². The first-order valence-electron chi connectivity index (χ1n) is 7.40. The number of piperidine rings is 1. The number of likely N-dealkylation sites (tertiary alicyclic amines) is 1. The molecule has 108 valence electrons. The minimum atomic E-state index is -0.0403. The Morgan fingerprint density at radius 1 is 1.26 bits per heavy atom. The van der Waals surface area contributed by atoms with Gasteiger partial charge in [0.1, 0.15) is 0 Å². The Kier molecular flexibility index (Phi) is 4.80. The van der Waals surface area contributed by atoms with Crippen molar-refractivity contribution >= 4 is 11.8 Å². The van der Waals surface area contributed by atoms with E-state index in [9.17, 15) is 9.59 Å². The number of carbonyl (C=O) groups excluding carboxylic acids is 2. The lowest BCUT2D eigenvalue weighted by atomic mass is 9.96. The van der Waals surface area contributed by atoms with Gasteiger partial charge in [0.25, 0.3) is 0 Å². The van der Waals surface area contributed by atoms with Gasteiger partial charge in [-0.25, -0.2) is 0 Å². The third-order valence-corrected chi connectivity index (χ3v) is 3.89. The van der Waals surface area contributed by atoms with Crippen molar-refractivity contribution < 1.29 is 9.59 Å². The van der Waals surface area contributed by atoms with Crippen LogP contribution in [-0.2, 0) is 9.59 Å². The number of nitrogens with one attached hydrogen (secondary N) is 2. The highest BCUT2D eigenvalue weighted by molar-refractivity contribution is 5.84. The lowest BCUT2D eigenvalue weighted by molar-refractivity contribution is -0.137. The highest BCUT2D eigenvalue weighted by Crippen LogP contribution is 2.19. The fourth-order valence-electron chi connectivity index (χ4n) is 2.91. The van der Waals surface area contributed by atoms with Crippen LogP contribution in [0, 0.1) is 5.92 Å². The van der Waals surface area contributed by atoms with Crippen LogP contribution >= 0.6 is 0 Å². The van der Waals surface area contributed by atoms with Crippen molar-refractivity contribution in [1.29, 1.82) is 0 Å². The summed E-state index contributed by atoms with van der Waals surface area (Å²) >= 11 is 0. The predicted octanol–water partition coefficient (Wildman–Crippen LogP) is 0.502. The second-order valence-electron chi connectivity index (χ2n) is 5.94. The van der Waals surface area contributed by atoms with E-state index in [1.807, 2.05) is 18.7 Å². The minimum Gasteiger partial charge on any atom is -0.354 e. The van der Waals surface area contributed by atoms with Crippen LogP contribution in [0.25, 0.3) is 0 Å². The molecule has 2 aliphatic rings. The SMILES string of the molecule is CC(C)NC(=O)C1CCCN(C(=O)[C@H]2CCCN2)C1. The van der Waals surface area contributed by atoms with Gasteiger partial charge in [-0.15, -0.1) is 0 Å². The lowest BCUT2D eigenvalue weighted by Gasteiger charge is -2.34. The number of rotatable bonds is 3. The molecule has 0 aliphatic carbocycles. The van der Waals surface area contributed by atoms with E-state index in [0.29, 0.717) is 6.54 Å². The standard InChI is InChI=1S/C14H25N3O2/c1-10(2)16-13(18)11-5-4-8-17(9-11)14(19)12-6-3-7-15-12/h10-12,15H,3-9H2,1-2H3,(H,16,18)/t11?,12-/m1/s1. The third kappa shape index (κ3) is 3.69. The molecule has 2 fully saturated rings. The number of carbonyl (C=O) groups is 2. The second-order valence-corrected chi connectivity index (χ2v) is 5.94. The molecule has 2 rings (SSSR count). The van der Waals surface area contributed by atoms with Gasteiger partial charge in [0.05, 0.1) is 12.0 Å². The summed E-state index contributed by atoms with van der Waals surface area (Å²) in [5, 5.41) is 6.19. The van der Waals surface area contributed by atoms with Crippen LogP contribution in [0.4, 0.5) is 0 Å². The van der Waals surface area contributed by atoms with Gasteiger partial charge in [0.15, 0.2) is 0 Å². The van der Waals surface area contributed by atoms with Gasteiger partial charge in [-0.3, -0.25) is 9.59 Å². The summed E-state index contributed by atoms with van der Waals surface area (Å²) in [7, 11) is 0. The van der Waals surface area contributed by atoms with Crippen molar-refractivity contribution in [3.05, 3.63) is 0 Å². The summed E-state index contributed by atoms with van der Waals surface area (Å²) in [5.74, 6) is 0.230. The summed E-state index contributed by atoms with van der Waals surface area (Å²) in [4.78, 5) is 26.2. The topological polar surface area (TPSA) is 61.4 Å². The molecule has 2 atom stereocenters. The van der Waals surface area contributed by atoms with E-state index in [1.165, 1.54) is 0 Å². The van der Waals surface area contributed by atoms with Gasteiger partial charge in [-0.05, 0) is 46.1 Å². The van der Waals surface area contributed by atoms with Crippen LogP contribution in [0.5, 0.6) is 0 Å². The number of hydrogen-bond donors (Lipinski definition) is 2.